The first-order chi connectivity index (χ1) is 6.92. The van der Waals surface area contributed by atoms with Gasteiger partial charge in [-0.3, -0.25) is 0 Å². The van der Waals surface area contributed by atoms with Crippen molar-refractivity contribution in [3.05, 3.63) is 18.3 Å². The lowest BCUT2D eigenvalue weighted by molar-refractivity contribution is -0.119. The summed E-state index contributed by atoms with van der Waals surface area (Å²) in [5.74, 6) is -0.914. The first kappa shape index (κ1) is 11.7. The highest BCUT2D eigenvalue weighted by molar-refractivity contribution is 5.36. The van der Waals surface area contributed by atoms with E-state index in [1.807, 2.05) is 0 Å². The average molecular weight is 223 g/mol. The number of anilines is 1. The van der Waals surface area contributed by atoms with Crippen molar-refractivity contribution in [2.24, 2.45) is 0 Å². The van der Waals surface area contributed by atoms with Gasteiger partial charge in [0.25, 0.3) is 0 Å². The van der Waals surface area contributed by atoms with Crippen LogP contribution in [0.4, 0.5) is 23.4 Å². The molecule has 15 heavy (non-hydrogen) atoms. The van der Waals surface area contributed by atoms with Gasteiger partial charge >= 0.3 is 6.18 Å². The zero-order valence-corrected chi connectivity index (χ0v) is 7.92. The molecule has 0 unspecified atom stereocenters. The van der Waals surface area contributed by atoms with E-state index in [-0.39, 0.29) is 12.4 Å². The molecule has 0 radical (unpaired) electrons. The van der Waals surface area contributed by atoms with Gasteiger partial charge in [0.2, 0.25) is 5.95 Å². The van der Waals surface area contributed by atoms with Gasteiger partial charge in [0.05, 0.1) is 0 Å². The topological polar surface area (TPSA) is 29.0 Å². The molecule has 84 valence electrons. The Morgan fingerprint density at radius 1 is 1.33 bits per heavy atom. The van der Waals surface area contributed by atoms with Crippen LogP contribution in [-0.2, 0) is 0 Å². The van der Waals surface area contributed by atoms with E-state index >= 15 is 0 Å². The molecule has 1 aromatic heterocycles. The fourth-order valence-electron chi connectivity index (χ4n) is 1.07. The molecule has 0 aliphatic carbocycles. The number of alkyl halides is 3. The quantitative estimate of drug-likeness (QED) is 0.579. The van der Waals surface area contributed by atoms with Crippen molar-refractivity contribution in [1.82, 2.24) is 9.97 Å². The molecule has 0 fully saturated rings. The highest BCUT2D eigenvalue weighted by atomic mass is 19.4. The first-order valence-electron chi connectivity index (χ1n) is 4.21. The largest absolute Gasteiger partial charge is 0.405 e. The summed E-state index contributed by atoms with van der Waals surface area (Å²) in [5, 5.41) is 0. The fourth-order valence-corrected chi connectivity index (χ4v) is 1.07. The number of halogens is 4. The van der Waals surface area contributed by atoms with Crippen LogP contribution in [0.1, 0.15) is 6.92 Å². The molecular weight excluding hydrogens is 214 g/mol. The van der Waals surface area contributed by atoms with Crippen LogP contribution < -0.4 is 4.90 Å². The molecular formula is C8H9F4N3. The minimum Gasteiger partial charge on any atom is -0.348 e. The van der Waals surface area contributed by atoms with E-state index in [4.69, 9.17) is 0 Å². The number of aromatic nitrogens is 2. The molecule has 0 saturated heterocycles. The van der Waals surface area contributed by atoms with E-state index in [0.29, 0.717) is 0 Å². The predicted octanol–water partition coefficient (Wildman–Crippen LogP) is 2.00. The van der Waals surface area contributed by atoms with E-state index < -0.39 is 18.7 Å². The molecule has 1 aromatic rings. The summed E-state index contributed by atoms with van der Waals surface area (Å²) < 4.78 is 48.9. The Labute approximate surface area is 83.8 Å². The number of rotatable bonds is 3. The summed E-state index contributed by atoms with van der Waals surface area (Å²) in [5.41, 5.74) is 0. The Hall–Kier alpha value is -1.40. The molecule has 0 aliphatic rings. The van der Waals surface area contributed by atoms with Gasteiger partial charge < -0.3 is 4.90 Å². The smallest absolute Gasteiger partial charge is 0.348 e. The van der Waals surface area contributed by atoms with Crippen molar-refractivity contribution in [1.29, 1.82) is 0 Å². The van der Waals surface area contributed by atoms with Crippen LogP contribution in [-0.4, -0.2) is 29.2 Å². The minimum atomic E-state index is -4.34. The zero-order chi connectivity index (χ0) is 11.5. The molecule has 0 aliphatic heterocycles. The normalized spacial score (nSPS) is 11.5. The van der Waals surface area contributed by atoms with Gasteiger partial charge in [0.1, 0.15) is 18.7 Å². The summed E-state index contributed by atoms with van der Waals surface area (Å²) in [4.78, 5) is 7.66. The molecule has 0 bridgehead atoms. The number of nitrogens with zero attached hydrogens (tertiary/aromatic N) is 3. The van der Waals surface area contributed by atoms with E-state index in [9.17, 15) is 17.6 Å². The van der Waals surface area contributed by atoms with E-state index in [2.05, 4.69) is 9.97 Å². The third-order valence-corrected chi connectivity index (χ3v) is 1.70. The number of hydrogen-bond donors (Lipinski definition) is 0. The first-order valence-corrected chi connectivity index (χ1v) is 4.21. The lowest BCUT2D eigenvalue weighted by Crippen LogP contribution is -2.34. The predicted molar refractivity (Wildman–Crippen MR) is 45.9 cm³/mol. The van der Waals surface area contributed by atoms with E-state index in [1.165, 1.54) is 6.92 Å². The highest BCUT2D eigenvalue weighted by Gasteiger charge is 2.30. The summed E-state index contributed by atoms with van der Waals surface area (Å²) in [6, 6.07) is 0.870. The van der Waals surface area contributed by atoms with Gasteiger partial charge in [-0.25, -0.2) is 9.97 Å². The third-order valence-electron chi connectivity index (χ3n) is 1.70. The molecule has 0 amide bonds. The van der Waals surface area contributed by atoms with Gasteiger partial charge in [-0.1, -0.05) is 0 Å². The van der Waals surface area contributed by atoms with Crippen molar-refractivity contribution >= 4 is 5.82 Å². The molecule has 7 heteroatoms. The molecule has 1 rings (SSSR count). The Balaban J connectivity index is 2.83. The minimum absolute atomic E-state index is 0.0673. The van der Waals surface area contributed by atoms with Crippen LogP contribution in [0.25, 0.3) is 0 Å². The second kappa shape index (κ2) is 4.41. The average Bonchev–Trinajstić information content (AvgIpc) is 2.13. The highest BCUT2D eigenvalue weighted by Crippen LogP contribution is 2.20. The van der Waals surface area contributed by atoms with Crippen LogP contribution >= 0.6 is 0 Å². The van der Waals surface area contributed by atoms with Crippen molar-refractivity contribution < 1.29 is 17.6 Å². The second-order valence-corrected chi connectivity index (χ2v) is 2.83. The van der Waals surface area contributed by atoms with Crippen molar-refractivity contribution in [2.45, 2.75) is 13.1 Å². The Kier molecular flexibility index (Phi) is 3.43. The van der Waals surface area contributed by atoms with Crippen LogP contribution in [0, 0.1) is 5.95 Å². The molecule has 0 saturated carbocycles. The fraction of sp³-hybridized carbons (Fsp3) is 0.500. The van der Waals surface area contributed by atoms with E-state index in [1.54, 1.807) is 0 Å². The third kappa shape index (κ3) is 3.69. The molecule has 0 aromatic carbocycles. The van der Waals surface area contributed by atoms with Gasteiger partial charge in [-0.05, 0) is 6.92 Å². The summed E-state index contributed by atoms with van der Waals surface area (Å²) in [6.45, 7) is 0.474. The monoisotopic (exact) mass is 223 g/mol. The SMILES string of the molecule is CCN(CC(F)(F)F)c1cc(F)ncn1. The Bertz CT molecular complexity index is 326. The van der Waals surface area contributed by atoms with Gasteiger partial charge in [-0.15, -0.1) is 0 Å². The molecule has 0 spiro atoms. The second-order valence-electron chi connectivity index (χ2n) is 2.83. The molecule has 0 atom stereocenters. The van der Waals surface area contributed by atoms with Crippen LogP contribution in [0.2, 0.25) is 0 Å². The van der Waals surface area contributed by atoms with Gasteiger partial charge in [0, 0.05) is 12.6 Å². The number of hydrogen-bond acceptors (Lipinski definition) is 3. The van der Waals surface area contributed by atoms with Crippen LogP contribution in [0.15, 0.2) is 12.4 Å². The maximum Gasteiger partial charge on any atom is 0.405 e. The summed E-state index contributed by atoms with van der Waals surface area (Å²) >= 11 is 0. The van der Waals surface area contributed by atoms with Crippen molar-refractivity contribution in [3.63, 3.8) is 0 Å². The molecule has 3 nitrogen and oxygen atoms in total. The Morgan fingerprint density at radius 2 is 2.00 bits per heavy atom. The maximum atomic E-state index is 12.6. The lowest BCUT2D eigenvalue weighted by atomic mass is 10.4. The standard InChI is InChI=1S/C8H9F4N3/c1-2-15(4-8(10,11)12)7-3-6(9)13-5-14-7/h3,5H,2,4H2,1H3. The summed E-state index contributed by atoms with van der Waals surface area (Å²) in [7, 11) is 0. The van der Waals surface area contributed by atoms with Gasteiger partial charge in [0.15, 0.2) is 0 Å². The van der Waals surface area contributed by atoms with E-state index in [0.717, 1.165) is 17.3 Å². The Morgan fingerprint density at radius 3 is 2.47 bits per heavy atom. The maximum absolute atomic E-state index is 12.6. The van der Waals surface area contributed by atoms with Gasteiger partial charge in [-0.2, -0.15) is 17.6 Å². The molecule has 0 N–H and O–H groups in total. The van der Waals surface area contributed by atoms with Crippen LogP contribution in [0.3, 0.4) is 0 Å². The summed E-state index contributed by atoms with van der Waals surface area (Å²) in [6.07, 6.45) is -3.44. The molecule has 1 heterocycles. The van der Waals surface area contributed by atoms with Crippen LogP contribution in [0.5, 0.6) is 0 Å². The zero-order valence-electron chi connectivity index (χ0n) is 7.92. The lowest BCUT2D eigenvalue weighted by Gasteiger charge is -2.22. The van der Waals surface area contributed by atoms with Crippen molar-refractivity contribution in [2.75, 3.05) is 18.0 Å². The van der Waals surface area contributed by atoms with Crippen molar-refractivity contribution in [3.8, 4) is 0 Å².